The Kier molecular flexibility index (Phi) is 5.82. The van der Waals surface area contributed by atoms with Crippen molar-refractivity contribution in [1.82, 2.24) is 19.9 Å². The van der Waals surface area contributed by atoms with Gasteiger partial charge in [-0.2, -0.15) is 0 Å². The molecule has 0 atom stereocenters. The zero-order valence-corrected chi connectivity index (χ0v) is 18.9. The number of aromatic nitrogens is 3. The number of carbonyl (C=O) groups excluding carboxylic acids is 1. The SMILES string of the molecule is COc1ccc(CNC(=O)c2c(N)n(CCc3ccccc3)c3nc4ccccc4nc23)cc1. The average Bonchev–Trinajstić information content (AvgIpc) is 3.15. The van der Waals surface area contributed by atoms with Gasteiger partial charge in [0.25, 0.3) is 5.91 Å². The minimum Gasteiger partial charge on any atom is -0.497 e. The number of benzene rings is 3. The third-order valence-corrected chi connectivity index (χ3v) is 5.90. The van der Waals surface area contributed by atoms with E-state index in [4.69, 9.17) is 20.4 Å². The molecule has 3 N–H and O–H groups in total. The van der Waals surface area contributed by atoms with E-state index in [2.05, 4.69) is 17.4 Å². The molecular formula is C27H25N5O2. The van der Waals surface area contributed by atoms with Crippen LogP contribution in [0.3, 0.4) is 0 Å². The molecule has 0 saturated heterocycles. The molecule has 0 fully saturated rings. The molecule has 170 valence electrons. The van der Waals surface area contributed by atoms with Crippen molar-refractivity contribution >= 4 is 33.9 Å². The van der Waals surface area contributed by atoms with E-state index in [-0.39, 0.29) is 5.91 Å². The van der Waals surface area contributed by atoms with Gasteiger partial charge in [0.15, 0.2) is 5.65 Å². The molecule has 0 aliphatic carbocycles. The molecule has 2 heterocycles. The Bertz CT molecular complexity index is 1460. The minimum absolute atomic E-state index is 0.277. The van der Waals surface area contributed by atoms with Crippen LogP contribution in [0.2, 0.25) is 0 Å². The van der Waals surface area contributed by atoms with Crippen LogP contribution in [0.5, 0.6) is 5.75 Å². The Labute approximate surface area is 197 Å². The molecule has 0 spiro atoms. The highest BCUT2D eigenvalue weighted by atomic mass is 16.5. The van der Waals surface area contributed by atoms with Crippen LogP contribution in [-0.2, 0) is 19.5 Å². The molecule has 2 aromatic heterocycles. The number of amides is 1. The normalized spacial score (nSPS) is 11.1. The highest BCUT2D eigenvalue weighted by Crippen LogP contribution is 2.28. The molecule has 1 amide bonds. The number of anilines is 1. The second-order valence-corrected chi connectivity index (χ2v) is 8.06. The van der Waals surface area contributed by atoms with Crippen molar-refractivity contribution in [1.29, 1.82) is 0 Å². The minimum atomic E-state index is -0.277. The van der Waals surface area contributed by atoms with Crippen LogP contribution in [0.25, 0.3) is 22.2 Å². The number of nitrogens with zero attached hydrogens (tertiary/aromatic N) is 3. The smallest absolute Gasteiger partial charge is 0.257 e. The standard InChI is InChI=1S/C27H25N5O2/c1-34-20-13-11-19(12-14-20)17-29-27(33)23-24-26(31-22-10-6-5-9-21(22)30-24)32(25(23)28)16-15-18-7-3-2-4-8-18/h2-14H,15-17,28H2,1H3,(H,29,33). The molecule has 0 unspecified atom stereocenters. The highest BCUT2D eigenvalue weighted by Gasteiger charge is 2.23. The summed E-state index contributed by atoms with van der Waals surface area (Å²) in [5.74, 6) is 0.859. The number of methoxy groups -OCH3 is 1. The van der Waals surface area contributed by atoms with E-state index in [9.17, 15) is 4.79 Å². The summed E-state index contributed by atoms with van der Waals surface area (Å²) in [6, 6.07) is 25.4. The van der Waals surface area contributed by atoms with Crippen LogP contribution in [0.1, 0.15) is 21.5 Å². The summed E-state index contributed by atoms with van der Waals surface area (Å²) in [6.07, 6.45) is 0.760. The summed E-state index contributed by atoms with van der Waals surface area (Å²) < 4.78 is 7.09. The van der Waals surface area contributed by atoms with Crippen LogP contribution in [0.4, 0.5) is 5.82 Å². The molecule has 7 heteroatoms. The van der Waals surface area contributed by atoms with Gasteiger partial charge in [-0.3, -0.25) is 4.79 Å². The number of hydrogen-bond acceptors (Lipinski definition) is 5. The van der Waals surface area contributed by atoms with Crippen LogP contribution in [-0.4, -0.2) is 27.6 Å². The number of rotatable bonds is 7. The molecular weight excluding hydrogens is 426 g/mol. The summed E-state index contributed by atoms with van der Waals surface area (Å²) >= 11 is 0. The van der Waals surface area contributed by atoms with Crippen molar-refractivity contribution in [2.75, 3.05) is 12.8 Å². The van der Waals surface area contributed by atoms with E-state index in [1.807, 2.05) is 71.3 Å². The van der Waals surface area contributed by atoms with E-state index in [1.54, 1.807) is 7.11 Å². The summed E-state index contributed by atoms with van der Waals surface area (Å²) in [5, 5.41) is 2.98. The van der Waals surface area contributed by atoms with Gasteiger partial charge < -0.3 is 20.4 Å². The topological polar surface area (TPSA) is 95.1 Å². The Morgan fingerprint density at radius 1 is 0.912 bits per heavy atom. The fraction of sp³-hybridized carbons (Fsp3) is 0.148. The molecule has 5 aromatic rings. The highest BCUT2D eigenvalue weighted by molar-refractivity contribution is 6.10. The van der Waals surface area contributed by atoms with Gasteiger partial charge in [-0.05, 0) is 41.8 Å². The van der Waals surface area contributed by atoms with Crippen LogP contribution < -0.4 is 15.8 Å². The summed E-state index contributed by atoms with van der Waals surface area (Å²) in [5.41, 5.74) is 11.7. The third-order valence-electron chi connectivity index (χ3n) is 5.90. The number of ether oxygens (including phenoxy) is 1. The maximum atomic E-state index is 13.3. The van der Waals surface area contributed by atoms with Crippen molar-refractivity contribution in [2.45, 2.75) is 19.5 Å². The molecule has 0 radical (unpaired) electrons. The van der Waals surface area contributed by atoms with E-state index in [0.29, 0.717) is 35.6 Å². The second-order valence-electron chi connectivity index (χ2n) is 8.06. The van der Waals surface area contributed by atoms with E-state index >= 15 is 0 Å². The van der Waals surface area contributed by atoms with Gasteiger partial charge in [0.2, 0.25) is 0 Å². The van der Waals surface area contributed by atoms with Gasteiger partial charge >= 0.3 is 0 Å². The van der Waals surface area contributed by atoms with Crippen LogP contribution in [0.15, 0.2) is 78.9 Å². The van der Waals surface area contributed by atoms with Crippen molar-refractivity contribution in [3.05, 3.63) is 95.6 Å². The first kappa shape index (κ1) is 21.5. The van der Waals surface area contributed by atoms with Crippen molar-refractivity contribution in [3.8, 4) is 5.75 Å². The van der Waals surface area contributed by atoms with E-state index in [0.717, 1.165) is 28.8 Å². The largest absolute Gasteiger partial charge is 0.497 e. The van der Waals surface area contributed by atoms with Crippen molar-refractivity contribution in [3.63, 3.8) is 0 Å². The average molecular weight is 452 g/mol. The van der Waals surface area contributed by atoms with Gasteiger partial charge in [0.1, 0.15) is 22.6 Å². The first-order chi connectivity index (χ1) is 16.6. The maximum absolute atomic E-state index is 13.3. The zero-order chi connectivity index (χ0) is 23.5. The molecule has 3 aromatic carbocycles. The summed E-state index contributed by atoms with van der Waals surface area (Å²) in [4.78, 5) is 22.9. The summed E-state index contributed by atoms with van der Waals surface area (Å²) in [6.45, 7) is 0.949. The van der Waals surface area contributed by atoms with Crippen molar-refractivity contribution < 1.29 is 9.53 Å². The fourth-order valence-electron chi connectivity index (χ4n) is 4.07. The predicted octanol–water partition coefficient (Wildman–Crippen LogP) is 4.35. The molecule has 34 heavy (non-hydrogen) atoms. The summed E-state index contributed by atoms with van der Waals surface area (Å²) in [7, 11) is 1.62. The number of nitrogen functional groups attached to an aromatic ring is 1. The number of hydrogen-bond donors (Lipinski definition) is 2. The molecule has 0 saturated carbocycles. The maximum Gasteiger partial charge on any atom is 0.257 e. The van der Waals surface area contributed by atoms with Gasteiger partial charge in [-0.25, -0.2) is 9.97 Å². The number of para-hydroxylation sites is 2. The Morgan fingerprint density at radius 3 is 2.29 bits per heavy atom. The first-order valence-electron chi connectivity index (χ1n) is 11.1. The van der Waals surface area contributed by atoms with Crippen LogP contribution in [0, 0.1) is 0 Å². The van der Waals surface area contributed by atoms with Crippen LogP contribution >= 0.6 is 0 Å². The monoisotopic (exact) mass is 451 g/mol. The lowest BCUT2D eigenvalue weighted by Crippen LogP contribution is -2.24. The fourth-order valence-corrected chi connectivity index (χ4v) is 4.07. The Hall–Kier alpha value is -4.39. The van der Waals surface area contributed by atoms with E-state index in [1.165, 1.54) is 5.56 Å². The first-order valence-corrected chi connectivity index (χ1v) is 11.1. The number of aryl methyl sites for hydroxylation is 2. The van der Waals surface area contributed by atoms with E-state index < -0.39 is 0 Å². The van der Waals surface area contributed by atoms with Gasteiger partial charge in [-0.15, -0.1) is 0 Å². The number of nitrogens with two attached hydrogens (primary N) is 1. The van der Waals surface area contributed by atoms with Crippen molar-refractivity contribution in [2.24, 2.45) is 0 Å². The number of carbonyl (C=O) groups is 1. The zero-order valence-electron chi connectivity index (χ0n) is 18.9. The predicted molar refractivity (Wildman–Crippen MR) is 134 cm³/mol. The molecule has 0 aliphatic heterocycles. The Balaban J connectivity index is 1.50. The molecule has 7 nitrogen and oxygen atoms in total. The lowest BCUT2D eigenvalue weighted by molar-refractivity contribution is 0.0953. The van der Waals surface area contributed by atoms with Gasteiger partial charge in [-0.1, -0.05) is 54.6 Å². The van der Waals surface area contributed by atoms with Gasteiger partial charge in [0.05, 0.1) is 18.1 Å². The number of nitrogens with one attached hydrogen (secondary N) is 1. The molecule has 0 bridgehead atoms. The lowest BCUT2D eigenvalue weighted by Gasteiger charge is -2.09. The Morgan fingerprint density at radius 2 is 1.59 bits per heavy atom. The molecule has 5 rings (SSSR count). The third kappa shape index (κ3) is 4.15. The molecule has 0 aliphatic rings. The second kappa shape index (κ2) is 9.23. The quantitative estimate of drug-likeness (QED) is 0.384. The lowest BCUT2D eigenvalue weighted by atomic mass is 10.1. The van der Waals surface area contributed by atoms with Gasteiger partial charge in [0, 0.05) is 13.1 Å². The number of fused-ring (bicyclic) bond motifs is 2.